The highest BCUT2D eigenvalue weighted by Gasteiger charge is 2.48. The summed E-state index contributed by atoms with van der Waals surface area (Å²) in [7, 11) is 1.81. The lowest BCUT2D eigenvalue weighted by Crippen LogP contribution is -2.53. The van der Waals surface area contributed by atoms with E-state index in [2.05, 4.69) is 92.9 Å². The molecule has 18 heavy (non-hydrogen) atoms. The highest BCUT2D eigenvalue weighted by atomic mass is 33.1. The maximum Gasteiger partial charge on any atom is 0.0864 e. The van der Waals surface area contributed by atoms with Gasteiger partial charge in [-0.15, -0.1) is 0 Å². The first-order valence-electron chi connectivity index (χ1n) is 6.76. The van der Waals surface area contributed by atoms with E-state index < -0.39 is 16.1 Å². The number of rotatable bonds is 3. The lowest BCUT2D eigenvalue weighted by molar-refractivity contribution is 0.687. The predicted molar refractivity (Wildman–Crippen MR) is 96.7 cm³/mol. The Morgan fingerprint density at radius 1 is 1.17 bits per heavy atom. The van der Waals surface area contributed by atoms with E-state index in [4.69, 9.17) is 0 Å². The van der Waals surface area contributed by atoms with Crippen molar-refractivity contribution < 1.29 is 0 Å². The van der Waals surface area contributed by atoms with Gasteiger partial charge in [-0.25, -0.2) is 0 Å². The normalized spacial score (nSPS) is 30.7. The summed E-state index contributed by atoms with van der Waals surface area (Å²) in [6, 6.07) is 0. The summed E-state index contributed by atoms with van der Waals surface area (Å²) >= 11 is 0. The van der Waals surface area contributed by atoms with Crippen molar-refractivity contribution in [1.29, 1.82) is 0 Å². The van der Waals surface area contributed by atoms with Gasteiger partial charge in [-0.05, 0) is 17.4 Å². The van der Waals surface area contributed by atoms with Crippen molar-refractivity contribution in [3.05, 3.63) is 22.8 Å². The van der Waals surface area contributed by atoms with Gasteiger partial charge in [-0.1, -0.05) is 86.0 Å². The fourth-order valence-corrected chi connectivity index (χ4v) is 14.9. The van der Waals surface area contributed by atoms with Crippen molar-refractivity contribution in [1.82, 2.24) is 0 Å². The van der Waals surface area contributed by atoms with Gasteiger partial charge in [0.15, 0.2) is 0 Å². The molecule has 0 fully saturated rings. The van der Waals surface area contributed by atoms with E-state index in [9.17, 15) is 0 Å². The topological polar surface area (TPSA) is 0 Å². The van der Waals surface area contributed by atoms with Crippen LogP contribution in [-0.2, 0) is 0 Å². The van der Waals surface area contributed by atoms with Gasteiger partial charge in [0, 0.05) is 4.37 Å². The molecular formula is C14H28S2Si2. The molecule has 104 valence electrons. The highest BCUT2D eigenvalue weighted by Crippen LogP contribution is 2.56. The van der Waals surface area contributed by atoms with Gasteiger partial charge in [-0.2, -0.15) is 0 Å². The van der Waals surface area contributed by atoms with E-state index in [1.54, 1.807) is 4.53 Å². The molecule has 1 heterocycles. The molecule has 1 aliphatic heterocycles. The van der Waals surface area contributed by atoms with E-state index in [1.807, 2.05) is 0 Å². The third-order valence-electron chi connectivity index (χ3n) is 3.67. The van der Waals surface area contributed by atoms with Crippen molar-refractivity contribution in [2.75, 3.05) is 0 Å². The van der Waals surface area contributed by atoms with Crippen molar-refractivity contribution in [3.8, 4) is 0 Å². The molecule has 0 radical (unpaired) electrons. The van der Waals surface area contributed by atoms with Crippen LogP contribution in [0.4, 0.5) is 0 Å². The van der Waals surface area contributed by atoms with Gasteiger partial charge in [0.2, 0.25) is 0 Å². The maximum atomic E-state index is 2.59. The molecule has 0 spiro atoms. The van der Waals surface area contributed by atoms with Crippen LogP contribution < -0.4 is 0 Å². The van der Waals surface area contributed by atoms with Gasteiger partial charge in [0.1, 0.15) is 0 Å². The molecular weight excluding hydrogens is 288 g/mol. The average molecular weight is 317 g/mol. The molecule has 2 unspecified atom stereocenters. The first-order valence-corrected chi connectivity index (χ1v) is 15.9. The van der Waals surface area contributed by atoms with Crippen LogP contribution in [0.5, 0.6) is 0 Å². The molecule has 0 N–H and O–H groups in total. The fraction of sp³-hybridized carbons (Fsp3) is 0.714. The Morgan fingerprint density at radius 2 is 1.72 bits per heavy atom. The minimum atomic E-state index is -1.25. The van der Waals surface area contributed by atoms with E-state index >= 15 is 0 Å². The molecule has 0 aromatic carbocycles. The summed E-state index contributed by atoms with van der Waals surface area (Å²) in [5, 5.41) is 0. The quantitative estimate of drug-likeness (QED) is 0.357. The first-order chi connectivity index (χ1) is 8.04. The summed E-state index contributed by atoms with van der Waals surface area (Å²) in [4.78, 5) is 0. The second kappa shape index (κ2) is 5.54. The molecule has 0 aromatic heterocycles. The standard InChI is InChI=1S/C14H28S2Si2/c1-9-10-14(18(6,7)8)12(2)11-13(15-16-14)17(3,4)5/h9-12H,1-8H3/b10-9+. The van der Waals surface area contributed by atoms with Crippen LogP contribution in [0.15, 0.2) is 22.8 Å². The van der Waals surface area contributed by atoms with Crippen molar-refractivity contribution in [2.45, 2.75) is 57.5 Å². The summed E-state index contributed by atoms with van der Waals surface area (Å²) in [5.74, 6) is 0.661. The summed E-state index contributed by atoms with van der Waals surface area (Å²) in [5.41, 5.74) is 0. The second-order valence-corrected chi connectivity index (χ2v) is 20.8. The molecule has 0 aromatic rings. The zero-order valence-corrected chi connectivity index (χ0v) is 16.8. The van der Waals surface area contributed by atoms with Crippen LogP contribution in [-0.4, -0.2) is 20.5 Å². The molecule has 2 atom stereocenters. The number of allylic oxidation sites excluding steroid dienone is 2. The largest absolute Gasteiger partial charge is 0.0905 e. The molecule has 0 saturated carbocycles. The van der Waals surface area contributed by atoms with Gasteiger partial charge >= 0.3 is 0 Å². The Morgan fingerprint density at radius 3 is 2.06 bits per heavy atom. The Labute approximate surface area is 124 Å². The molecule has 0 nitrogen and oxygen atoms in total. The third-order valence-corrected chi connectivity index (χ3v) is 16.3. The minimum Gasteiger partial charge on any atom is -0.0905 e. The van der Waals surface area contributed by atoms with Crippen LogP contribution in [0, 0.1) is 5.92 Å². The Balaban J connectivity index is 3.19. The van der Waals surface area contributed by atoms with E-state index in [0.717, 1.165) is 0 Å². The van der Waals surface area contributed by atoms with Crippen molar-refractivity contribution >= 4 is 37.7 Å². The smallest absolute Gasteiger partial charge is 0.0864 e. The fourth-order valence-electron chi connectivity index (χ4n) is 2.43. The van der Waals surface area contributed by atoms with Crippen LogP contribution in [0.3, 0.4) is 0 Å². The highest BCUT2D eigenvalue weighted by molar-refractivity contribution is 8.79. The Kier molecular flexibility index (Phi) is 5.13. The summed E-state index contributed by atoms with van der Waals surface area (Å²) < 4.78 is 2.04. The van der Waals surface area contributed by atoms with Crippen LogP contribution in [0.1, 0.15) is 13.8 Å². The zero-order chi connectivity index (χ0) is 14.2. The van der Waals surface area contributed by atoms with Crippen molar-refractivity contribution in [3.63, 3.8) is 0 Å². The van der Waals surface area contributed by atoms with E-state index in [0.29, 0.717) is 10.3 Å². The lowest BCUT2D eigenvalue weighted by Gasteiger charge is -2.47. The summed E-state index contributed by atoms with van der Waals surface area (Å²) in [6.07, 6.45) is 7.33. The monoisotopic (exact) mass is 316 g/mol. The number of hydrogen-bond donors (Lipinski definition) is 0. The Bertz CT molecular complexity index is 361. The molecule has 0 bridgehead atoms. The lowest BCUT2D eigenvalue weighted by atomic mass is 10.1. The molecule has 1 rings (SSSR count). The van der Waals surface area contributed by atoms with Gasteiger partial charge in [0.05, 0.1) is 16.1 Å². The average Bonchev–Trinajstić information content (AvgIpc) is 2.18. The van der Waals surface area contributed by atoms with Gasteiger partial charge < -0.3 is 0 Å². The van der Waals surface area contributed by atoms with E-state index in [1.165, 1.54) is 0 Å². The predicted octanol–water partition coefficient (Wildman–Crippen LogP) is 5.97. The zero-order valence-electron chi connectivity index (χ0n) is 13.1. The minimum absolute atomic E-state index is 0.357. The second-order valence-electron chi connectivity index (χ2n) is 7.28. The Hall–Kier alpha value is 0.614. The molecule has 1 aliphatic rings. The molecule has 0 amide bonds. The first kappa shape index (κ1) is 16.7. The molecule has 4 heteroatoms. The van der Waals surface area contributed by atoms with Crippen molar-refractivity contribution in [2.24, 2.45) is 5.92 Å². The van der Waals surface area contributed by atoms with Crippen LogP contribution >= 0.6 is 21.6 Å². The van der Waals surface area contributed by atoms with Crippen LogP contribution in [0.2, 0.25) is 39.3 Å². The van der Waals surface area contributed by atoms with Crippen LogP contribution in [0.25, 0.3) is 0 Å². The SMILES string of the molecule is C/C=C/C1([Si](C)(C)C)SSC([Si](C)(C)C)=CC1C. The molecule has 0 saturated heterocycles. The molecule has 0 aliphatic carbocycles. The van der Waals surface area contributed by atoms with Gasteiger partial charge in [0.25, 0.3) is 0 Å². The maximum absolute atomic E-state index is 2.59. The van der Waals surface area contributed by atoms with Gasteiger partial charge in [-0.3, -0.25) is 0 Å². The summed E-state index contributed by atoms with van der Waals surface area (Å²) in [6.45, 7) is 19.5. The van der Waals surface area contributed by atoms with E-state index in [-0.39, 0.29) is 0 Å². The third kappa shape index (κ3) is 3.19. The number of hydrogen-bond acceptors (Lipinski definition) is 2.